The number of nitrogens with one attached hydrogen (secondary N) is 1. The Kier molecular flexibility index (Phi) is 6.27. The predicted octanol–water partition coefficient (Wildman–Crippen LogP) is 3.83. The molecule has 1 aromatic carbocycles. The third-order valence-electron chi connectivity index (χ3n) is 5.88. The van der Waals surface area contributed by atoms with E-state index in [1.54, 1.807) is 0 Å². The molecule has 1 aliphatic heterocycles. The van der Waals surface area contributed by atoms with E-state index in [-0.39, 0.29) is 18.6 Å². The van der Waals surface area contributed by atoms with Crippen LogP contribution in [0.15, 0.2) is 30.3 Å². The van der Waals surface area contributed by atoms with Crippen LogP contribution in [0, 0.1) is 0 Å². The highest BCUT2D eigenvalue weighted by molar-refractivity contribution is 6.00. The third-order valence-corrected chi connectivity index (χ3v) is 5.88. The lowest BCUT2D eigenvalue weighted by atomic mass is 10.1. The van der Waals surface area contributed by atoms with Gasteiger partial charge in [-0.2, -0.15) is 0 Å². The molecule has 0 radical (unpaired) electrons. The number of fused-ring (bicyclic) bond motifs is 1. The molecule has 1 amide bonds. The molecule has 1 saturated heterocycles. The second kappa shape index (κ2) is 9.25. The van der Waals surface area contributed by atoms with Crippen LogP contribution in [0.3, 0.4) is 0 Å². The Hall–Kier alpha value is -2.63. The maximum atomic E-state index is 12.8. The number of para-hydroxylation sites is 1. The normalized spacial score (nSPS) is 17.9. The molecule has 0 bridgehead atoms. The van der Waals surface area contributed by atoms with Crippen LogP contribution in [0.25, 0.3) is 10.9 Å². The third kappa shape index (κ3) is 4.86. The van der Waals surface area contributed by atoms with E-state index >= 15 is 0 Å². The summed E-state index contributed by atoms with van der Waals surface area (Å²) in [5, 5.41) is 3.92. The Balaban J connectivity index is 1.45. The summed E-state index contributed by atoms with van der Waals surface area (Å²) in [7, 11) is 0. The van der Waals surface area contributed by atoms with Gasteiger partial charge in [0.15, 0.2) is 6.61 Å². The first-order valence-electron chi connectivity index (χ1n) is 10.8. The number of amides is 1. The number of aromatic nitrogens is 1. The first kappa shape index (κ1) is 19.7. The molecule has 2 aromatic rings. The molecule has 6 nitrogen and oxygen atoms in total. The summed E-state index contributed by atoms with van der Waals surface area (Å²) in [6.45, 7) is 1.52. The molecular formula is C23H29N3O3. The van der Waals surface area contributed by atoms with E-state index in [4.69, 9.17) is 9.72 Å². The quantitative estimate of drug-likeness (QED) is 0.615. The number of anilines is 1. The van der Waals surface area contributed by atoms with Gasteiger partial charge in [0.05, 0.1) is 5.52 Å². The van der Waals surface area contributed by atoms with Gasteiger partial charge in [-0.3, -0.25) is 4.79 Å². The fourth-order valence-corrected chi connectivity index (χ4v) is 4.33. The standard InChI is InChI=1S/C23H29N3O3/c27-21(24-18-10-3-1-2-4-11-18)16-29-23(28)19-15-17-9-5-6-12-20(17)25-22(19)26-13-7-8-14-26/h5-6,9,12,15,18H,1-4,7-8,10-11,13-14,16H2,(H,24,27). The molecule has 4 rings (SSSR count). The van der Waals surface area contributed by atoms with Crippen molar-refractivity contribution < 1.29 is 14.3 Å². The van der Waals surface area contributed by atoms with Crippen molar-refractivity contribution in [1.29, 1.82) is 0 Å². The molecule has 1 saturated carbocycles. The van der Waals surface area contributed by atoms with Gasteiger partial charge in [0.25, 0.3) is 5.91 Å². The van der Waals surface area contributed by atoms with Crippen molar-refractivity contribution >= 4 is 28.6 Å². The number of pyridine rings is 1. The summed E-state index contributed by atoms with van der Waals surface area (Å²) >= 11 is 0. The summed E-state index contributed by atoms with van der Waals surface area (Å²) in [6, 6.07) is 9.79. The zero-order valence-corrected chi connectivity index (χ0v) is 16.9. The van der Waals surface area contributed by atoms with Crippen LogP contribution in [0.5, 0.6) is 0 Å². The minimum absolute atomic E-state index is 0.200. The zero-order chi connectivity index (χ0) is 20.1. The molecule has 0 atom stereocenters. The lowest BCUT2D eigenvalue weighted by molar-refractivity contribution is -0.125. The minimum Gasteiger partial charge on any atom is -0.452 e. The van der Waals surface area contributed by atoms with Gasteiger partial charge in [0, 0.05) is 24.5 Å². The van der Waals surface area contributed by atoms with Crippen molar-refractivity contribution in [2.24, 2.45) is 0 Å². The molecule has 0 unspecified atom stereocenters. The number of benzene rings is 1. The van der Waals surface area contributed by atoms with Crippen molar-refractivity contribution in [3.05, 3.63) is 35.9 Å². The van der Waals surface area contributed by atoms with Crippen molar-refractivity contribution in [3.8, 4) is 0 Å². The van der Waals surface area contributed by atoms with Gasteiger partial charge in [0.2, 0.25) is 0 Å². The van der Waals surface area contributed by atoms with Gasteiger partial charge in [-0.05, 0) is 37.8 Å². The largest absolute Gasteiger partial charge is 0.452 e. The molecular weight excluding hydrogens is 366 g/mol. The zero-order valence-electron chi connectivity index (χ0n) is 16.9. The van der Waals surface area contributed by atoms with Crippen molar-refractivity contribution in [3.63, 3.8) is 0 Å². The smallest absolute Gasteiger partial charge is 0.342 e. The number of hydrogen-bond donors (Lipinski definition) is 1. The van der Waals surface area contributed by atoms with Gasteiger partial charge < -0.3 is 15.0 Å². The molecule has 6 heteroatoms. The van der Waals surface area contributed by atoms with E-state index in [9.17, 15) is 9.59 Å². The van der Waals surface area contributed by atoms with E-state index in [0.717, 1.165) is 62.5 Å². The van der Waals surface area contributed by atoms with Crippen LogP contribution < -0.4 is 10.2 Å². The monoisotopic (exact) mass is 395 g/mol. The first-order valence-corrected chi connectivity index (χ1v) is 10.8. The number of hydrogen-bond acceptors (Lipinski definition) is 5. The molecule has 1 aromatic heterocycles. The SMILES string of the molecule is O=C(COC(=O)c1cc2ccccc2nc1N1CCCC1)NC1CCCCCC1. The van der Waals surface area contributed by atoms with E-state index in [0.29, 0.717) is 11.4 Å². The molecule has 29 heavy (non-hydrogen) atoms. The van der Waals surface area contributed by atoms with Crippen molar-refractivity contribution in [2.45, 2.75) is 57.4 Å². The Labute approximate surface area is 171 Å². The predicted molar refractivity (Wildman–Crippen MR) is 113 cm³/mol. The Morgan fingerprint density at radius 3 is 2.52 bits per heavy atom. The van der Waals surface area contributed by atoms with Gasteiger partial charge in [-0.15, -0.1) is 0 Å². The van der Waals surface area contributed by atoms with E-state index in [2.05, 4.69) is 10.2 Å². The maximum absolute atomic E-state index is 12.8. The highest BCUT2D eigenvalue weighted by Crippen LogP contribution is 2.27. The molecule has 1 N–H and O–H groups in total. The van der Waals surface area contributed by atoms with Crippen LogP contribution in [0.2, 0.25) is 0 Å². The number of carbonyl (C=O) groups excluding carboxylic acids is 2. The van der Waals surface area contributed by atoms with Crippen LogP contribution >= 0.6 is 0 Å². The molecule has 2 heterocycles. The van der Waals surface area contributed by atoms with Gasteiger partial charge >= 0.3 is 5.97 Å². The average molecular weight is 396 g/mol. The van der Waals surface area contributed by atoms with Crippen LogP contribution in [-0.4, -0.2) is 42.6 Å². The van der Waals surface area contributed by atoms with Crippen molar-refractivity contribution in [2.75, 3.05) is 24.6 Å². The fraction of sp³-hybridized carbons (Fsp3) is 0.522. The first-order chi connectivity index (χ1) is 14.2. The van der Waals surface area contributed by atoms with Crippen LogP contribution in [0.1, 0.15) is 61.7 Å². The molecule has 1 aliphatic carbocycles. The summed E-state index contributed by atoms with van der Waals surface area (Å²) in [4.78, 5) is 32.0. The molecule has 2 aliphatic rings. The summed E-state index contributed by atoms with van der Waals surface area (Å²) in [5.41, 5.74) is 1.30. The number of ether oxygens (including phenoxy) is 1. The Bertz CT molecular complexity index is 869. The van der Waals surface area contributed by atoms with E-state index in [1.807, 2.05) is 30.3 Å². The lowest BCUT2D eigenvalue weighted by Gasteiger charge is -2.20. The molecule has 2 fully saturated rings. The van der Waals surface area contributed by atoms with Gasteiger partial charge in [0.1, 0.15) is 11.4 Å². The summed E-state index contributed by atoms with van der Waals surface area (Å²) < 4.78 is 5.39. The second-order valence-corrected chi connectivity index (χ2v) is 8.08. The topological polar surface area (TPSA) is 71.5 Å². The van der Waals surface area contributed by atoms with Crippen molar-refractivity contribution in [1.82, 2.24) is 10.3 Å². The Morgan fingerprint density at radius 2 is 1.76 bits per heavy atom. The number of nitrogens with zero attached hydrogens (tertiary/aromatic N) is 2. The summed E-state index contributed by atoms with van der Waals surface area (Å²) in [5.74, 6) is -0.0433. The fourth-order valence-electron chi connectivity index (χ4n) is 4.33. The summed E-state index contributed by atoms with van der Waals surface area (Å²) in [6.07, 6.45) is 8.95. The van der Waals surface area contributed by atoms with Gasteiger partial charge in [-0.25, -0.2) is 9.78 Å². The minimum atomic E-state index is -0.485. The number of carbonyl (C=O) groups is 2. The maximum Gasteiger partial charge on any atom is 0.342 e. The van der Waals surface area contributed by atoms with E-state index < -0.39 is 5.97 Å². The number of rotatable bonds is 5. The average Bonchev–Trinajstić information content (AvgIpc) is 3.16. The highest BCUT2D eigenvalue weighted by atomic mass is 16.5. The van der Waals surface area contributed by atoms with Gasteiger partial charge in [-0.1, -0.05) is 43.9 Å². The Morgan fingerprint density at radius 1 is 1.03 bits per heavy atom. The molecule has 0 spiro atoms. The lowest BCUT2D eigenvalue weighted by Crippen LogP contribution is -2.37. The van der Waals surface area contributed by atoms with E-state index in [1.165, 1.54) is 12.8 Å². The molecule has 154 valence electrons. The number of esters is 1. The van der Waals surface area contributed by atoms with Crippen LogP contribution in [-0.2, 0) is 9.53 Å². The second-order valence-electron chi connectivity index (χ2n) is 8.08. The van der Waals surface area contributed by atoms with Crippen LogP contribution in [0.4, 0.5) is 5.82 Å². The highest BCUT2D eigenvalue weighted by Gasteiger charge is 2.24.